The quantitative estimate of drug-likeness (QED) is 0.0509. The molecule has 7 nitrogen and oxygen atoms in total. The molecule has 7 heteroatoms. The summed E-state index contributed by atoms with van der Waals surface area (Å²) >= 11 is 0. The van der Waals surface area contributed by atoms with E-state index >= 15 is 0 Å². The first kappa shape index (κ1) is 50.5. The average Bonchev–Trinajstić information content (AvgIpc) is 3.38. The second-order valence-electron chi connectivity index (χ2n) is 18.6. The molecule has 4 heterocycles. The Morgan fingerprint density at radius 2 is 0.580 bits per heavy atom. The molecule has 0 atom stereocenters. The summed E-state index contributed by atoms with van der Waals surface area (Å²) in [7, 11) is 0. The van der Waals surface area contributed by atoms with Crippen LogP contribution in [-0.2, 0) is 38.5 Å². The summed E-state index contributed by atoms with van der Waals surface area (Å²) in [6, 6.07) is 51.0. The molecule has 0 bridgehead atoms. The number of nitrogens with zero attached hydrogens (tertiary/aromatic N) is 7. The minimum atomic E-state index is 0.763. The zero-order valence-electron chi connectivity index (χ0n) is 42.6. The lowest BCUT2D eigenvalue weighted by atomic mass is 10.1. The number of anilines is 9. The van der Waals surface area contributed by atoms with Gasteiger partial charge in [0.25, 0.3) is 0 Å². The van der Waals surface area contributed by atoms with Gasteiger partial charge in [-0.25, -0.2) is 19.9 Å². The fraction of sp³-hybridized carbons (Fsp3) is 0.387. The van der Waals surface area contributed by atoms with Crippen molar-refractivity contribution in [2.24, 2.45) is 0 Å². The van der Waals surface area contributed by atoms with Gasteiger partial charge in [0, 0.05) is 46.3 Å². The molecule has 0 amide bonds. The Morgan fingerprint density at radius 1 is 0.275 bits per heavy atom. The normalized spacial score (nSPS) is 11.2. The average molecular weight is 920 g/mol. The molecule has 69 heavy (non-hydrogen) atoms. The summed E-state index contributed by atoms with van der Waals surface area (Å²) in [4.78, 5) is 29.0. The molecule has 0 aliphatic carbocycles. The van der Waals surface area contributed by atoms with E-state index < -0.39 is 0 Å². The summed E-state index contributed by atoms with van der Waals surface area (Å²) < 4.78 is 0. The maximum Gasteiger partial charge on any atom is 0.143 e. The van der Waals surface area contributed by atoms with Gasteiger partial charge < -0.3 is 0 Å². The lowest BCUT2D eigenvalue weighted by Crippen LogP contribution is -2.20. The number of hydrogen-bond donors (Lipinski definition) is 0. The van der Waals surface area contributed by atoms with E-state index in [1.807, 2.05) is 0 Å². The van der Waals surface area contributed by atoms with Crippen molar-refractivity contribution in [3.63, 3.8) is 0 Å². The topological polar surface area (TPSA) is 61.3 Å². The number of pyridine rings is 4. The Morgan fingerprint density at radius 3 is 0.928 bits per heavy atom. The fourth-order valence-electron chi connectivity index (χ4n) is 8.99. The van der Waals surface area contributed by atoms with Crippen molar-refractivity contribution in [2.75, 3.05) is 14.7 Å². The SMILES string of the molecule is CCCCc1cccc(N(c2cc(N(c3cccc(CCCC)c3)c3cccc(CCCC)n3)nc(N(c3cccc(CCCC)c3)c3cccc(CCCC)n3)c2)c2cccc(CCCC)n2)c1. The van der Waals surface area contributed by atoms with E-state index in [1.54, 1.807) is 0 Å². The Labute approximate surface area is 415 Å². The molecular formula is C62H77N7. The molecule has 0 fully saturated rings. The fourth-order valence-corrected chi connectivity index (χ4v) is 8.99. The van der Waals surface area contributed by atoms with Gasteiger partial charge in [0.1, 0.15) is 29.1 Å². The Kier molecular flexibility index (Phi) is 19.4. The van der Waals surface area contributed by atoms with E-state index in [9.17, 15) is 0 Å². The molecule has 0 spiro atoms. The largest absolute Gasteiger partial charge is 0.295 e. The van der Waals surface area contributed by atoms with Crippen molar-refractivity contribution in [3.8, 4) is 0 Å². The molecule has 0 saturated heterocycles. The number of unbranched alkanes of at least 4 members (excludes halogenated alkanes) is 6. The second kappa shape index (κ2) is 26.4. The Balaban J connectivity index is 1.57. The van der Waals surface area contributed by atoms with Crippen molar-refractivity contribution in [1.29, 1.82) is 0 Å². The molecule has 0 aliphatic heterocycles. The van der Waals surface area contributed by atoms with Crippen LogP contribution in [0.25, 0.3) is 0 Å². The van der Waals surface area contributed by atoms with Crippen LogP contribution in [0.2, 0.25) is 0 Å². The summed E-state index contributed by atoms with van der Waals surface area (Å²) in [6.07, 6.45) is 19.1. The van der Waals surface area contributed by atoms with Crippen molar-refractivity contribution in [2.45, 2.75) is 157 Å². The summed E-state index contributed by atoms with van der Waals surface area (Å²) in [5, 5.41) is 0. The molecule has 0 aliphatic rings. The van der Waals surface area contributed by atoms with Crippen molar-refractivity contribution < 1.29 is 0 Å². The lowest BCUT2D eigenvalue weighted by molar-refractivity contribution is 0.776. The molecular weight excluding hydrogens is 843 g/mol. The highest BCUT2D eigenvalue weighted by molar-refractivity contribution is 5.85. The van der Waals surface area contributed by atoms with Gasteiger partial charge in [-0.3, -0.25) is 14.7 Å². The van der Waals surface area contributed by atoms with Crippen LogP contribution in [0.4, 0.5) is 51.8 Å². The van der Waals surface area contributed by atoms with E-state index in [2.05, 4.69) is 196 Å². The highest BCUT2D eigenvalue weighted by atomic mass is 15.3. The molecule has 4 aromatic heterocycles. The van der Waals surface area contributed by atoms with E-state index in [1.165, 1.54) is 16.7 Å². The van der Waals surface area contributed by atoms with Crippen molar-refractivity contribution in [3.05, 3.63) is 173 Å². The van der Waals surface area contributed by atoms with E-state index in [-0.39, 0.29) is 0 Å². The number of hydrogen-bond acceptors (Lipinski definition) is 7. The minimum Gasteiger partial charge on any atom is -0.295 e. The summed E-state index contributed by atoms with van der Waals surface area (Å²) in [6.45, 7) is 13.5. The van der Waals surface area contributed by atoms with E-state index in [0.29, 0.717) is 0 Å². The van der Waals surface area contributed by atoms with Crippen LogP contribution in [0.15, 0.2) is 140 Å². The van der Waals surface area contributed by atoms with E-state index in [0.717, 1.165) is 184 Å². The van der Waals surface area contributed by atoms with Gasteiger partial charge in [0.15, 0.2) is 0 Å². The van der Waals surface area contributed by atoms with Gasteiger partial charge in [-0.1, -0.05) is 135 Å². The van der Waals surface area contributed by atoms with Gasteiger partial charge in [0.05, 0.1) is 5.69 Å². The van der Waals surface area contributed by atoms with Gasteiger partial charge in [-0.15, -0.1) is 0 Å². The predicted octanol–water partition coefficient (Wildman–Crippen LogP) is 17.7. The maximum atomic E-state index is 5.82. The van der Waals surface area contributed by atoms with Crippen LogP contribution < -0.4 is 14.7 Å². The van der Waals surface area contributed by atoms with Crippen LogP contribution in [0.3, 0.4) is 0 Å². The van der Waals surface area contributed by atoms with Crippen LogP contribution in [0.5, 0.6) is 0 Å². The summed E-state index contributed by atoms with van der Waals surface area (Å²) in [5.74, 6) is 4.08. The minimum absolute atomic E-state index is 0.763. The molecule has 0 unspecified atom stereocenters. The van der Waals surface area contributed by atoms with Crippen molar-refractivity contribution >= 4 is 51.8 Å². The van der Waals surface area contributed by atoms with Crippen LogP contribution >= 0.6 is 0 Å². The molecule has 7 rings (SSSR count). The van der Waals surface area contributed by atoms with Crippen molar-refractivity contribution in [1.82, 2.24) is 19.9 Å². The molecule has 0 saturated carbocycles. The predicted molar refractivity (Wildman–Crippen MR) is 293 cm³/mol. The zero-order chi connectivity index (χ0) is 48.2. The van der Waals surface area contributed by atoms with Crippen LogP contribution in [-0.4, -0.2) is 19.9 Å². The molecule has 0 radical (unpaired) electrons. The Bertz CT molecular complexity index is 2200. The smallest absolute Gasteiger partial charge is 0.143 e. The second-order valence-corrected chi connectivity index (χ2v) is 18.6. The lowest BCUT2D eigenvalue weighted by Gasteiger charge is -2.31. The summed E-state index contributed by atoms with van der Waals surface area (Å²) in [5.41, 5.74) is 11.2. The molecule has 7 aromatic rings. The van der Waals surface area contributed by atoms with Gasteiger partial charge in [-0.2, -0.15) is 0 Å². The first-order valence-corrected chi connectivity index (χ1v) is 26.5. The monoisotopic (exact) mass is 920 g/mol. The standard InChI is InChI=1S/C62H77N7/c1-7-13-25-48-28-19-37-54(43-48)67(58-40-22-34-51(63-58)31-16-10-4)57-46-61(68(55-38-20-29-49(44-55)26-14-8-2)59-41-23-35-52(64-59)32-17-11-5)66-62(47-57)69(56-39-21-30-50(45-56)27-15-9-3)60-42-24-36-53(65-60)33-18-12-6/h19-24,28-30,34-47H,7-18,25-27,31-33H2,1-6H3. The number of aromatic nitrogens is 4. The van der Waals surface area contributed by atoms with Gasteiger partial charge >= 0.3 is 0 Å². The van der Waals surface area contributed by atoms with Gasteiger partial charge in [-0.05, 0) is 167 Å². The third-order valence-corrected chi connectivity index (χ3v) is 12.9. The molecule has 3 aromatic carbocycles. The number of benzene rings is 3. The van der Waals surface area contributed by atoms with E-state index in [4.69, 9.17) is 19.9 Å². The molecule has 0 N–H and O–H groups in total. The first-order chi connectivity index (χ1) is 33.9. The molecule has 360 valence electrons. The maximum absolute atomic E-state index is 5.82. The third-order valence-electron chi connectivity index (χ3n) is 12.9. The van der Waals surface area contributed by atoms with Gasteiger partial charge in [0.2, 0.25) is 0 Å². The zero-order valence-corrected chi connectivity index (χ0v) is 42.6. The Hall–Kier alpha value is -6.34. The van der Waals surface area contributed by atoms with Crippen LogP contribution in [0.1, 0.15) is 152 Å². The highest BCUT2D eigenvalue weighted by Gasteiger charge is 2.26. The highest BCUT2D eigenvalue weighted by Crippen LogP contribution is 2.44. The number of aryl methyl sites for hydroxylation is 6. The number of rotatable bonds is 27. The van der Waals surface area contributed by atoms with Crippen LogP contribution in [0, 0.1) is 0 Å². The third kappa shape index (κ3) is 13.9. The first-order valence-electron chi connectivity index (χ1n) is 26.5.